The van der Waals surface area contributed by atoms with Crippen molar-refractivity contribution < 1.29 is 4.79 Å². The Balaban J connectivity index is 2.78. The van der Waals surface area contributed by atoms with Gasteiger partial charge in [-0.05, 0) is 31.0 Å². The molecule has 0 bridgehead atoms. The van der Waals surface area contributed by atoms with Gasteiger partial charge in [-0.2, -0.15) is 0 Å². The van der Waals surface area contributed by atoms with E-state index >= 15 is 0 Å². The zero-order chi connectivity index (χ0) is 12.8. The van der Waals surface area contributed by atoms with Gasteiger partial charge in [0.15, 0.2) is 0 Å². The topological polar surface area (TPSA) is 20.3 Å². The van der Waals surface area contributed by atoms with E-state index in [-0.39, 0.29) is 11.9 Å². The molecule has 94 valence electrons. The lowest BCUT2D eigenvalue weighted by Gasteiger charge is -2.28. The van der Waals surface area contributed by atoms with Crippen LogP contribution in [0.2, 0.25) is 5.02 Å². The minimum Gasteiger partial charge on any atom is -0.336 e. The molecule has 0 fully saturated rings. The van der Waals surface area contributed by atoms with Gasteiger partial charge in [-0.1, -0.05) is 37.6 Å². The minimum absolute atomic E-state index is 0.203. The number of carbonyl (C=O) groups is 1. The first-order valence-corrected chi connectivity index (χ1v) is 6.50. The average Bonchev–Trinajstić information content (AvgIpc) is 2.36. The molecule has 17 heavy (non-hydrogen) atoms. The third-order valence-corrected chi connectivity index (χ3v) is 3.26. The summed E-state index contributed by atoms with van der Waals surface area (Å²) in [7, 11) is 0. The van der Waals surface area contributed by atoms with Crippen LogP contribution in [0.25, 0.3) is 0 Å². The Hall–Kier alpha value is -1.02. The Kier molecular flexibility index (Phi) is 5.49. The fourth-order valence-corrected chi connectivity index (χ4v) is 1.83. The van der Waals surface area contributed by atoms with E-state index in [4.69, 9.17) is 11.6 Å². The van der Waals surface area contributed by atoms with Gasteiger partial charge in [0.05, 0.1) is 0 Å². The van der Waals surface area contributed by atoms with Gasteiger partial charge < -0.3 is 4.90 Å². The molecular formula is C14H20ClNO. The molecule has 0 aromatic heterocycles. The van der Waals surface area contributed by atoms with Crippen LogP contribution in [-0.4, -0.2) is 16.8 Å². The van der Waals surface area contributed by atoms with Crippen LogP contribution in [0, 0.1) is 0 Å². The van der Waals surface area contributed by atoms with Crippen molar-refractivity contribution >= 4 is 17.5 Å². The van der Waals surface area contributed by atoms with E-state index in [1.54, 1.807) is 0 Å². The maximum Gasteiger partial charge on any atom is 0.222 e. The molecule has 1 atom stereocenters. The molecule has 1 unspecified atom stereocenters. The largest absolute Gasteiger partial charge is 0.336 e. The lowest BCUT2D eigenvalue weighted by Crippen LogP contribution is -2.37. The first-order chi connectivity index (χ1) is 8.08. The van der Waals surface area contributed by atoms with Gasteiger partial charge >= 0.3 is 0 Å². The van der Waals surface area contributed by atoms with Crippen molar-refractivity contribution in [2.24, 2.45) is 0 Å². The maximum absolute atomic E-state index is 11.9. The van der Waals surface area contributed by atoms with Crippen molar-refractivity contribution in [1.29, 1.82) is 0 Å². The van der Waals surface area contributed by atoms with Crippen LogP contribution >= 0.6 is 11.6 Å². The number of halogens is 1. The van der Waals surface area contributed by atoms with Crippen molar-refractivity contribution in [2.45, 2.75) is 46.2 Å². The summed E-state index contributed by atoms with van der Waals surface area (Å²) in [6, 6.07) is 7.95. The summed E-state index contributed by atoms with van der Waals surface area (Å²) >= 11 is 5.85. The molecule has 1 amide bonds. The molecule has 0 radical (unpaired) electrons. The number of carbonyl (C=O) groups excluding carboxylic acids is 1. The SMILES string of the molecule is CCC(=O)N(Cc1ccc(Cl)cc1)C(C)CC. The Bertz CT molecular complexity index is 361. The highest BCUT2D eigenvalue weighted by Gasteiger charge is 2.17. The summed E-state index contributed by atoms with van der Waals surface area (Å²) in [5.74, 6) is 0.203. The van der Waals surface area contributed by atoms with Crippen LogP contribution in [0.5, 0.6) is 0 Å². The van der Waals surface area contributed by atoms with E-state index in [0.717, 1.165) is 17.0 Å². The summed E-state index contributed by atoms with van der Waals surface area (Å²) in [4.78, 5) is 13.8. The van der Waals surface area contributed by atoms with Gasteiger partial charge in [0, 0.05) is 24.0 Å². The predicted molar refractivity (Wildman–Crippen MR) is 72.0 cm³/mol. The van der Waals surface area contributed by atoms with E-state index in [1.165, 1.54) is 0 Å². The number of hydrogen-bond acceptors (Lipinski definition) is 1. The van der Waals surface area contributed by atoms with Crippen molar-refractivity contribution in [1.82, 2.24) is 4.90 Å². The van der Waals surface area contributed by atoms with Gasteiger partial charge in [-0.3, -0.25) is 4.79 Å². The summed E-state index contributed by atoms with van der Waals surface area (Å²) < 4.78 is 0. The van der Waals surface area contributed by atoms with Crippen molar-refractivity contribution in [3.63, 3.8) is 0 Å². The molecule has 0 saturated carbocycles. The standard InChI is InChI=1S/C14H20ClNO/c1-4-11(3)16(14(17)5-2)10-12-6-8-13(15)9-7-12/h6-9,11H,4-5,10H2,1-3H3. The molecule has 1 aromatic rings. The second-order valence-corrected chi connectivity index (χ2v) is 4.70. The van der Waals surface area contributed by atoms with Crippen LogP contribution < -0.4 is 0 Å². The zero-order valence-corrected chi connectivity index (χ0v) is 11.5. The summed E-state index contributed by atoms with van der Waals surface area (Å²) in [6.07, 6.45) is 1.53. The Morgan fingerprint density at radius 2 is 1.88 bits per heavy atom. The highest BCUT2D eigenvalue weighted by molar-refractivity contribution is 6.30. The number of nitrogens with zero attached hydrogens (tertiary/aromatic N) is 1. The molecule has 1 aromatic carbocycles. The fourth-order valence-electron chi connectivity index (χ4n) is 1.70. The van der Waals surface area contributed by atoms with E-state index in [9.17, 15) is 4.79 Å². The molecule has 1 rings (SSSR count). The molecular weight excluding hydrogens is 234 g/mol. The average molecular weight is 254 g/mol. The first-order valence-electron chi connectivity index (χ1n) is 6.12. The van der Waals surface area contributed by atoms with Crippen LogP contribution in [0.1, 0.15) is 39.2 Å². The monoisotopic (exact) mass is 253 g/mol. The van der Waals surface area contributed by atoms with Crippen molar-refractivity contribution in [3.8, 4) is 0 Å². The quantitative estimate of drug-likeness (QED) is 0.780. The normalized spacial score (nSPS) is 12.2. The van der Waals surface area contributed by atoms with Crippen LogP contribution in [0.3, 0.4) is 0 Å². The Labute approximate surface area is 109 Å². The van der Waals surface area contributed by atoms with Gasteiger partial charge in [0.1, 0.15) is 0 Å². The fraction of sp³-hybridized carbons (Fsp3) is 0.500. The van der Waals surface area contributed by atoms with Crippen LogP contribution in [0.15, 0.2) is 24.3 Å². The minimum atomic E-state index is 0.203. The molecule has 3 heteroatoms. The molecule has 2 nitrogen and oxygen atoms in total. The second-order valence-electron chi connectivity index (χ2n) is 4.26. The van der Waals surface area contributed by atoms with Crippen molar-refractivity contribution in [3.05, 3.63) is 34.9 Å². The predicted octanol–water partition coefficient (Wildman–Crippen LogP) is 3.88. The van der Waals surface area contributed by atoms with Gasteiger partial charge in [0.2, 0.25) is 5.91 Å². The number of hydrogen-bond donors (Lipinski definition) is 0. The molecule has 0 aliphatic carbocycles. The summed E-state index contributed by atoms with van der Waals surface area (Å²) in [6.45, 7) is 6.75. The van der Waals surface area contributed by atoms with Crippen molar-refractivity contribution in [2.75, 3.05) is 0 Å². The van der Waals surface area contributed by atoms with Gasteiger partial charge in [-0.25, -0.2) is 0 Å². The van der Waals surface area contributed by atoms with E-state index in [1.807, 2.05) is 36.1 Å². The maximum atomic E-state index is 11.9. The number of benzene rings is 1. The number of amides is 1. The molecule has 0 heterocycles. The van der Waals surface area contributed by atoms with E-state index in [2.05, 4.69) is 13.8 Å². The smallest absolute Gasteiger partial charge is 0.222 e. The molecule has 0 saturated heterocycles. The van der Waals surface area contributed by atoms with Crippen LogP contribution in [-0.2, 0) is 11.3 Å². The molecule has 0 N–H and O–H groups in total. The van der Waals surface area contributed by atoms with Crippen LogP contribution in [0.4, 0.5) is 0 Å². The first kappa shape index (κ1) is 14.0. The summed E-state index contributed by atoms with van der Waals surface area (Å²) in [5.41, 5.74) is 1.12. The Morgan fingerprint density at radius 3 is 2.35 bits per heavy atom. The van der Waals surface area contributed by atoms with Gasteiger partial charge in [0.25, 0.3) is 0 Å². The van der Waals surface area contributed by atoms with E-state index in [0.29, 0.717) is 13.0 Å². The van der Waals surface area contributed by atoms with Gasteiger partial charge in [-0.15, -0.1) is 0 Å². The zero-order valence-electron chi connectivity index (χ0n) is 10.7. The number of rotatable bonds is 5. The van der Waals surface area contributed by atoms with E-state index < -0.39 is 0 Å². The highest BCUT2D eigenvalue weighted by Crippen LogP contribution is 2.15. The lowest BCUT2D eigenvalue weighted by molar-refractivity contribution is -0.133. The third kappa shape index (κ3) is 4.04. The molecule has 0 spiro atoms. The third-order valence-electron chi connectivity index (χ3n) is 3.01. The highest BCUT2D eigenvalue weighted by atomic mass is 35.5. The molecule has 0 aliphatic rings. The Morgan fingerprint density at radius 1 is 1.29 bits per heavy atom. The summed E-state index contributed by atoms with van der Waals surface area (Å²) in [5, 5.41) is 0.727. The molecule has 0 aliphatic heterocycles. The lowest BCUT2D eigenvalue weighted by atomic mass is 10.1. The second kappa shape index (κ2) is 6.65.